The van der Waals surface area contributed by atoms with Crippen LogP contribution in [0.1, 0.15) is 62.9 Å². The van der Waals surface area contributed by atoms with Crippen molar-refractivity contribution < 1.29 is 14.3 Å². The molecule has 1 aromatic heterocycles. The first kappa shape index (κ1) is 19.6. The first-order valence-electron chi connectivity index (χ1n) is 10.2. The van der Waals surface area contributed by atoms with Gasteiger partial charge >= 0.3 is 0 Å². The summed E-state index contributed by atoms with van der Waals surface area (Å²) >= 11 is 0. The number of amides is 2. The predicted molar refractivity (Wildman–Crippen MR) is 103 cm³/mol. The molecule has 0 radical (unpaired) electrons. The number of hydrogen-bond acceptors (Lipinski definition) is 4. The van der Waals surface area contributed by atoms with Gasteiger partial charge in [0.05, 0.1) is 6.54 Å². The average Bonchev–Trinajstić information content (AvgIpc) is 2.68. The van der Waals surface area contributed by atoms with E-state index in [1.165, 1.54) is 6.20 Å². The number of nitrogens with two attached hydrogens (primary N) is 1. The van der Waals surface area contributed by atoms with Gasteiger partial charge in [0.1, 0.15) is 17.5 Å². The summed E-state index contributed by atoms with van der Waals surface area (Å²) in [6, 6.07) is 3.29. The molecular formula is C21H31N3O3. The molecule has 148 valence electrons. The van der Waals surface area contributed by atoms with Crippen molar-refractivity contribution >= 4 is 11.8 Å². The molecule has 3 rings (SSSR count). The number of ether oxygens (including phenoxy) is 1. The topological polar surface area (TPSA) is 85.5 Å². The summed E-state index contributed by atoms with van der Waals surface area (Å²) in [5, 5.41) is 0. The third-order valence-corrected chi connectivity index (χ3v) is 6.04. The zero-order valence-electron chi connectivity index (χ0n) is 16.4. The van der Waals surface area contributed by atoms with E-state index in [2.05, 4.69) is 18.8 Å². The van der Waals surface area contributed by atoms with Crippen molar-refractivity contribution in [2.45, 2.75) is 58.5 Å². The molecule has 1 saturated carbocycles. The molecule has 1 atom stereocenters. The van der Waals surface area contributed by atoms with E-state index in [9.17, 15) is 9.59 Å². The number of primary amides is 1. The predicted octanol–water partition coefficient (Wildman–Crippen LogP) is 3.01. The Morgan fingerprint density at radius 2 is 1.96 bits per heavy atom. The first-order chi connectivity index (χ1) is 12.9. The number of rotatable bonds is 5. The number of hydrogen-bond donors (Lipinski definition) is 1. The number of likely N-dealkylation sites (tertiary alicyclic amines) is 1. The summed E-state index contributed by atoms with van der Waals surface area (Å²) in [7, 11) is 0. The highest BCUT2D eigenvalue weighted by atomic mass is 16.5. The summed E-state index contributed by atoms with van der Waals surface area (Å²) < 4.78 is 6.02. The summed E-state index contributed by atoms with van der Waals surface area (Å²) in [6.45, 7) is 5.98. The maximum Gasteiger partial charge on any atom is 0.267 e. The maximum atomic E-state index is 13.0. The molecule has 1 aromatic rings. The van der Waals surface area contributed by atoms with Gasteiger partial charge in [0.25, 0.3) is 5.91 Å². The van der Waals surface area contributed by atoms with E-state index in [1.54, 1.807) is 12.1 Å². The van der Waals surface area contributed by atoms with E-state index in [0.717, 1.165) is 51.0 Å². The number of carbonyl (C=O) groups is 2. The molecule has 1 aliphatic heterocycles. The zero-order valence-corrected chi connectivity index (χ0v) is 16.4. The fraction of sp³-hybridized carbons (Fsp3) is 0.667. The molecule has 2 aliphatic rings. The van der Waals surface area contributed by atoms with Crippen LogP contribution in [0.25, 0.3) is 0 Å². The molecule has 2 fully saturated rings. The lowest BCUT2D eigenvalue weighted by Gasteiger charge is -2.37. The van der Waals surface area contributed by atoms with E-state index < -0.39 is 5.91 Å². The van der Waals surface area contributed by atoms with Crippen LogP contribution in [0.15, 0.2) is 18.3 Å². The molecule has 6 heteroatoms. The van der Waals surface area contributed by atoms with Crippen molar-refractivity contribution in [3.05, 3.63) is 24.0 Å². The Labute approximate surface area is 161 Å². The molecule has 0 aromatic carbocycles. The van der Waals surface area contributed by atoms with Gasteiger partial charge in [-0.2, -0.15) is 0 Å². The second-order valence-corrected chi connectivity index (χ2v) is 8.26. The van der Waals surface area contributed by atoms with Crippen LogP contribution in [-0.4, -0.2) is 40.9 Å². The van der Waals surface area contributed by atoms with Crippen molar-refractivity contribution in [1.82, 2.24) is 9.88 Å². The van der Waals surface area contributed by atoms with Gasteiger partial charge in [-0.25, -0.2) is 0 Å². The standard InChI is InChI=1S/C21H31N3O3/c1-14(2)15-5-7-16(8-6-15)21(26)24-11-3-4-18(13-24)27-17-9-10-23-19(12-17)20(22)25/h9-10,12,14-16,18H,3-8,11,13H2,1-2H3,(H2,22,25). The van der Waals surface area contributed by atoms with Gasteiger partial charge < -0.3 is 15.4 Å². The van der Waals surface area contributed by atoms with Crippen molar-refractivity contribution in [3.8, 4) is 5.75 Å². The molecular weight excluding hydrogens is 342 g/mol. The first-order valence-corrected chi connectivity index (χ1v) is 10.2. The Balaban J connectivity index is 1.55. The van der Waals surface area contributed by atoms with Crippen LogP contribution >= 0.6 is 0 Å². The van der Waals surface area contributed by atoms with Gasteiger partial charge in [-0.1, -0.05) is 13.8 Å². The molecule has 0 bridgehead atoms. The Kier molecular flexibility index (Phi) is 6.34. The quantitative estimate of drug-likeness (QED) is 0.860. The number of aromatic nitrogens is 1. The number of piperidine rings is 1. The Morgan fingerprint density at radius 3 is 2.63 bits per heavy atom. The number of nitrogens with zero attached hydrogens (tertiary/aromatic N) is 2. The lowest BCUT2D eigenvalue weighted by Crippen LogP contribution is -2.47. The van der Waals surface area contributed by atoms with E-state index >= 15 is 0 Å². The minimum absolute atomic E-state index is 0.0576. The molecule has 1 aliphatic carbocycles. The Bertz CT molecular complexity index is 668. The van der Waals surface area contributed by atoms with Crippen LogP contribution in [0, 0.1) is 17.8 Å². The third kappa shape index (κ3) is 4.99. The molecule has 27 heavy (non-hydrogen) atoms. The van der Waals surface area contributed by atoms with Gasteiger partial charge in [-0.15, -0.1) is 0 Å². The third-order valence-electron chi connectivity index (χ3n) is 6.04. The lowest BCUT2D eigenvalue weighted by atomic mass is 9.76. The van der Waals surface area contributed by atoms with E-state index in [1.807, 2.05) is 4.90 Å². The lowest BCUT2D eigenvalue weighted by molar-refractivity contribution is -0.139. The second kappa shape index (κ2) is 8.72. The molecule has 2 heterocycles. The zero-order chi connectivity index (χ0) is 19.4. The minimum atomic E-state index is -0.571. The van der Waals surface area contributed by atoms with Crippen molar-refractivity contribution in [2.75, 3.05) is 13.1 Å². The van der Waals surface area contributed by atoms with Crippen molar-refractivity contribution in [2.24, 2.45) is 23.5 Å². The number of pyridine rings is 1. The molecule has 2 N–H and O–H groups in total. The summed E-state index contributed by atoms with van der Waals surface area (Å²) in [6.07, 6.45) is 7.64. The second-order valence-electron chi connectivity index (χ2n) is 8.26. The summed E-state index contributed by atoms with van der Waals surface area (Å²) in [4.78, 5) is 30.2. The smallest absolute Gasteiger partial charge is 0.267 e. The van der Waals surface area contributed by atoms with Crippen LogP contribution in [0.2, 0.25) is 0 Å². The van der Waals surface area contributed by atoms with Gasteiger partial charge in [-0.05, 0) is 56.4 Å². The van der Waals surface area contributed by atoms with Gasteiger partial charge in [-0.3, -0.25) is 14.6 Å². The van der Waals surface area contributed by atoms with Crippen molar-refractivity contribution in [1.29, 1.82) is 0 Å². The van der Waals surface area contributed by atoms with Gasteiger partial charge in [0, 0.05) is 24.7 Å². The Hall–Kier alpha value is -2.11. The van der Waals surface area contributed by atoms with Gasteiger partial charge in [0.2, 0.25) is 5.91 Å². The normalized spacial score (nSPS) is 26.0. The van der Waals surface area contributed by atoms with Crippen LogP contribution < -0.4 is 10.5 Å². The average molecular weight is 373 g/mol. The maximum absolute atomic E-state index is 13.0. The van der Waals surface area contributed by atoms with Crippen molar-refractivity contribution in [3.63, 3.8) is 0 Å². The van der Waals surface area contributed by atoms with Crippen LogP contribution in [-0.2, 0) is 4.79 Å². The Morgan fingerprint density at radius 1 is 1.22 bits per heavy atom. The largest absolute Gasteiger partial charge is 0.488 e. The molecule has 1 saturated heterocycles. The highest BCUT2D eigenvalue weighted by Crippen LogP contribution is 2.34. The summed E-state index contributed by atoms with van der Waals surface area (Å²) in [5.41, 5.74) is 5.47. The highest BCUT2D eigenvalue weighted by molar-refractivity contribution is 5.91. The highest BCUT2D eigenvalue weighted by Gasteiger charge is 2.33. The SMILES string of the molecule is CC(C)C1CCC(C(=O)N2CCCC(Oc3ccnc(C(N)=O)c3)C2)CC1. The molecule has 0 spiro atoms. The molecule has 2 amide bonds. The molecule has 6 nitrogen and oxygen atoms in total. The van der Waals surface area contributed by atoms with Crippen LogP contribution in [0.5, 0.6) is 5.75 Å². The number of carbonyl (C=O) groups excluding carboxylic acids is 2. The van der Waals surface area contributed by atoms with Crippen LogP contribution in [0.3, 0.4) is 0 Å². The minimum Gasteiger partial charge on any atom is -0.488 e. The van der Waals surface area contributed by atoms with Crippen LogP contribution in [0.4, 0.5) is 0 Å². The fourth-order valence-electron chi connectivity index (χ4n) is 4.34. The fourth-order valence-corrected chi connectivity index (χ4v) is 4.34. The van der Waals surface area contributed by atoms with E-state index in [0.29, 0.717) is 18.2 Å². The molecule has 1 unspecified atom stereocenters. The monoisotopic (exact) mass is 373 g/mol. The summed E-state index contributed by atoms with van der Waals surface area (Å²) in [5.74, 6) is 1.93. The van der Waals surface area contributed by atoms with Gasteiger partial charge in [0.15, 0.2) is 0 Å². The van der Waals surface area contributed by atoms with E-state index in [-0.39, 0.29) is 23.6 Å². The van der Waals surface area contributed by atoms with E-state index in [4.69, 9.17) is 10.5 Å².